The second-order valence-corrected chi connectivity index (χ2v) is 4.64. The van der Waals surface area contributed by atoms with E-state index in [2.05, 4.69) is 17.4 Å². The summed E-state index contributed by atoms with van der Waals surface area (Å²) >= 11 is 0. The van der Waals surface area contributed by atoms with Crippen LogP contribution < -0.4 is 11.1 Å². The lowest BCUT2D eigenvalue weighted by molar-refractivity contribution is -0.115. The molecule has 0 saturated carbocycles. The number of carbonyl (C=O) groups is 1. The van der Waals surface area contributed by atoms with E-state index in [0.717, 1.165) is 23.4 Å². The molecular weight excluding hydrogens is 224 g/mol. The van der Waals surface area contributed by atoms with Gasteiger partial charge in [-0.05, 0) is 41.3 Å². The summed E-state index contributed by atoms with van der Waals surface area (Å²) in [5.74, 6) is 0.0751. The zero-order valence-electron chi connectivity index (χ0n) is 9.94. The molecule has 1 aliphatic heterocycles. The van der Waals surface area contributed by atoms with E-state index in [1.807, 2.05) is 30.3 Å². The van der Waals surface area contributed by atoms with E-state index in [0.29, 0.717) is 6.42 Å². The summed E-state index contributed by atoms with van der Waals surface area (Å²) in [5, 5.41) is 2.84. The first-order valence-corrected chi connectivity index (χ1v) is 5.97. The van der Waals surface area contributed by atoms with Crippen molar-refractivity contribution < 1.29 is 4.79 Å². The molecule has 2 aromatic carbocycles. The Balaban J connectivity index is 1.86. The molecule has 2 aromatic rings. The van der Waals surface area contributed by atoms with E-state index < -0.39 is 0 Å². The number of carbonyl (C=O) groups excluding carboxylic acids is 1. The van der Waals surface area contributed by atoms with Crippen LogP contribution in [0.3, 0.4) is 0 Å². The quantitative estimate of drug-likeness (QED) is 0.789. The minimum atomic E-state index is 0.0751. The third-order valence-corrected chi connectivity index (χ3v) is 3.15. The highest BCUT2D eigenvalue weighted by molar-refractivity contribution is 5.99. The molecule has 3 nitrogen and oxygen atoms in total. The number of benzene rings is 2. The highest BCUT2D eigenvalue weighted by Gasteiger charge is 2.17. The maximum atomic E-state index is 11.3. The molecule has 1 heterocycles. The minimum absolute atomic E-state index is 0.0751. The monoisotopic (exact) mass is 238 g/mol. The molecule has 1 aliphatic rings. The van der Waals surface area contributed by atoms with E-state index in [4.69, 9.17) is 5.73 Å². The Hall–Kier alpha value is -2.29. The first-order chi connectivity index (χ1) is 8.70. The van der Waals surface area contributed by atoms with Gasteiger partial charge in [-0.1, -0.05) is 24.3 Å². The summed E-state index contributed by atoms with van der Waals surface area (Å²) in [4.78, 5) is 11.3. The van der Waals surface area contributed by atoms with Crippen LogP contribution in [0, 0.1) is 0 Å². The van der Waals surface area contributed by atoms with Crippen LogP contribution in [-0.2, 0) is 17.6 Å². The number of hydrogen-bond acceptors (Lipinski definition) is 2. The van der Waals surface area contributed by atoms with Crippen LogP contribution in [0.4, 0.5) is 11.4 Å². The molecule has 0 aliphatic carbocycles. The normalized spacial score (nSPS) is 13.2. The Morgan fingerprint density at radius 1 is 1.11 bits per heavy atom. The van der Waals surface area contributed by atoms with Crippen molar-refractivity contribution in [3.8, 4) is 0 Å². The summed E-state index contributed by atoms with van der Waals surface area (Å²) < 4.78 is 0. The molecule has 0 unspecified atom stereocenters. The number of nitrogens with one attached hydrogen (secondary N) is 1. The Kier molecular flexibility index (Phi) is 2.52. The smallest absolute Gasteiger partial charge is 0.228 e. The maximum absolute atomic E-state index is 11.3. The molecule has 0 aromatic heterocycles. The highest BCUT2D eigenvalue weighted by Crippen LogP contribution is 2.25. The molecule has 0 fully saturated rings. The van der Waals surface area contributed by atoms with Crippen LogP contribution in [0.2, 0.25) is 0 Å². The van der Waals surface area contributed by atoms with Gasteiger partial charge in [-0.25, -0.2) is 0 Å². The lowest BCUT2D eigenvalue weighted by Gasteiger charge is -2.05. The van der Waals surface area contributed by atoms with E-state index in [-0.39, 0.29) is 5.91 Å². The molecule has 0 atom stereocenters. The molecule has 0 spiro atoms. The van der Waals surface area contributed by atoms with Gasteiger partial charge in [0.05, 0.1) is 6.42 Å². The van der Waals surface area contributed by atoms with Gasteiger partial charge in [-0.2, -0.15) is 0 Å². The van der Waals surface area contributed by atoms with Crippen LogP contribution in [-0.4, -0.2) is 5.91 Å². The van der Waals surface area contributed by atoms with Crippen molar-refractivity contribution in [3.05, 3.63) is 59.2 Å². The molecule has 3 rings (SSSR count). The van der Waals surface area contributed by atoms with Crippen LogP contribution >= 0.6 is 0 Å². The van der Waals surface area contributed by atoms with Crippen LogP contribution in [0.5, 0.6) is 0 Å². The lowest BCUT2D eigenvalue weighted by Crippen LogP contribution is -2.03. The second kappa shape index (κ2) is 4.18. The Labute approximate surface area is 106 Å². The van der Waals surface area contributed by atoms with Gasteiger partial charge in [0.2, 0.25) is 5.91 Å². The van der Waals surface area contributed by atoms with Crippen LogP contribution in [0.25, 0.3) is 0 Å². The average Bonchev–Trinajstić information content (AvgIpc) is 2.68. The topological polar surface area (TPSA) is 55.1 Å². The second-order valence-electron chi connectivity index (χ2n) is 4.64. The molecule has 0 bridgehead atoms. The third-order valence-electron chi connectivity index (χ3n) is 3.15. The first kappa shape index (κ1) is 10.8. The SMILES string of the molecule is Nc1cccc(Cc2ccc3c(c2)CC(=O)N3)c1. The van der Waals surface area contributed by atoms with Crippen molar-refractivity contribution in [2.45, 2.75) is 12.8 Å². The van der Waals surface area contributed by atoms with Crippen molar-refractivity contribution in [2.24, 2.45) is 0 Å². The standard InChI is InChI=1S/C15H14N2O/c16-13-3-1-2-10(8-13)6-11-4-5-14-12(7-11)9-15(18)17-14/h1-5,7-8H,6,9,16H2,(H,17,18). The number of anilines is 2. The number of nitrogen functional groups attached to an aromatic ring is 1. The van der Waals surface area contributed by atoms with Gasteiger partial charge >= 0.3 is 0 Å². The molecule has 90 valence electrons. The predicted molar refractivity (Wildman–Crippen MR) is 72.4 cm³/mol. The van der Waals surface area contributed by atoms with E-state index in [1.54, 1.807) is 0 Å². The van der Waals surface area contributed by atoms with Crippen LogP contribution in [0.15, 0.2) is 42.5 Å². The summed E-state index contributed by atoms with van der Waals surface area (Å²) in [5.41, 5.74) is 11.0. The number of hydrogen-bond donors (Lipinski definition) is 2. The zero-order chi connectivity index (χ0) is 12.5. The average molecular weight is 238 g/mol. The van der Waals surface area contributed by atoms with Gasteiger partial charge in [0.1, 0.15) is 0 Å². The minimum Gasteiger partial charge on any atom is -0.399 e. The molecular formula is C15H14N2O. The Morgan fingerprint density at radius 3 is 2.78 bits per heavy atom. The Morgan fingerprint density at radius 2 is 1.94 bits per heavy atom. The van der Waals surface area contributed by atoms with Gasteiger partial charge < -0.3 is 11.1 Å². The molecule has 3 N–H and O–H groups in total. The van der Waals surface area contributed by atoms with Crippen molar-refractivity contribution in [1.82, 2.24) is 0 Å². The van der Waals surface area contributed by atoms with Gasteiger partial charge in [-0.15, -0.1) is 0 Å². The summed E-state index contributed by atoms with van der Waals surface area (Å²) in [6.45, 7) is 0. The summed E-state index contributed by atoms with van der Waals surface area (Å²) in [6.07, 6.45) is 1.33. The van der Waals surface area contributed by atoms with Crippen LogP contribution in [0.1, 0.15) is 16.7 Å². The van der Waals surface area contributed by atoms with Gasteiger partial charge in [0, 0.05) is 11.4 Å². The molecule has 1 amide bonds. The van der Waals surface area contributed by atoms with Gasteiger partial charge in [-0.3, -0.25) is 4.79 Å². The fourth-order valence-corrected chi connectivity index (χ4v) is 2.33. The fraction of sp³-hybridized carbons (Fsp3) is 0.133. The van der Waals surface area contributed by atoms with Crippen molar-refractivity contribution >= 4 is 17.3 Å². The number of nitrogens with two attached hydrogens (primary N) is 1. The molecule has 3 heteroatoms. The molecule has 0 saturated heterocycles. The van der Waals surface area contributed by atoms with Crippen molar-refractivity contribution in [1.29, 1.82) is 0 Å². The maximum Gasteiger partial charge on any atom is 0.228 e. The van der Waals surface area contributed by atoms with Gasteiger partial charge in [0.25, 0.3) is 0 Å². The summed E-state index contributed by atoms with van der Waals surface area (Å²) in [7, 11) is 0. The zero-order valence-corrected chi connectivity index (χ0v) is 9.94. The number of rotatable bonds is 2. The van der Waals surface area contributed by atoms with E-state index >= 15 is 0 Å². The highest BCUT2D eigenvalue weighted by atomic mass is 16.1. The molecule has 18 heavy (non-hydrogen) atoms. The number of fused-ring (bicyclic) bond motifs is 1. The van der Waals surface area contributed by atoms with E-state index in [9.17, 15) is 4.79 Å². The van der Waals surface area contributed by atoms with Gasteiger partial charge in [0.15, 0.2) is 0 Å². The van der Waals surface area contributed by atoms with Crippen molar-refractivity contribution in [3.63, 3.8) is 0 Å². The third kappa shape index (κ3) is 2.07. The molecule has 0 radical (unpaired) electrons. The largest absolute Gasteiger partial charge is 0.399 e. The first-order valence-electron chi connectivity index (χ1n) is 5.97. The van der Waals surface area contributed by atoms with E-state index in [1.165, 1.54) is 11.1 Å². The Bertz CT molecular complexity index is 620. The predicted octanol–water partition coefficient (Wildman–Crippen LogP) is 2.35. The fourth-order valence-electron chi connectivity index (χ4n) is 2.33. The van der Waals surface area contributed by atoms with Crippen molar-refractivity contribution in [2.75, 3.05) is 11.1 Å². The number of amides is 1. The lowest BCUT2D eigenvalue weighted by atomic mass is 10.0. The summed E-state index contributed by atoms with van der Waals surface area (Å²) in [6, 6.07) is 14.0.